The zero-order valence-electron chi connectivity index (χ0n) is 21.7. The highest BCUT2D eigenvalue weighted by Crippen LogP contribution is 2.34. The summed E-state index contributed by atoms with van der Waals surface area (Å²) in [6.45, 7) is 0.348. The summed E-state index contributed by atoms with van der Waals surface area (Å²) >= 11 is 6.05. The molecular formula is C26H18ClF4N9O3. The molecule has 0 unspecified atom stereocenters. The Bertz CT molecular complexity index is 1810. The maximum Gasteiger partial charge on any atom is 0.417 e. The van der Waals surface area contributed by atoms with Gasteiger partial charge in [0, 0.05) is 35.8 Å². The summed E-state index contributed by atoms with van der Waals surface area (Å²) in [6.07, 6.45) is 1.94. The number of benzene rings is 1. The van der Waals surface area contributed by atoms with E-state index in [1.54, 1.807) is 0 Å². The largest absolute Gasteiger partial charge is 0.618 e. The van der Waals surface area contributed by atoms with Crippen LogP contribution in [0.1, 0.15) is 17.3 Å². The number of hydrogen-bond donors (Lipinski definition) is 0. The molecule has 1 atom stereocenters. The molecule has 43 heavy (non-hydrogen) atoms. The average molecular weight is 616 g/mol. The molecule has 6 rings (SSSR count). The van der Waals surface area contributed by atoms with Gasteiger partial charge >= 0.3 is 12.3 Å². The summed E-state index contributed by atoms with van der Waals surface area (Å²) in [7, 11) is 0. The van der Waals surface area contributed by atoms with Gasteiger partial charge in [0.25, 0.3) is 0 Å². The third kappa shape index (κ3) is 5.43. The van der Waals surface area contributed by atoms with E-state index in [0.717, 1.165) is 12.3 Å². The van der Waals surface area contributed by atoms with Crippen LogP contribution in [0.25, 0.3) is 27.9 Å². The van der Waals surface area contributed by atoms with Gasteiger partial charge in [0.05, 0.1) is 46.7 Å². The number of pyridine rings is 2. The van der Waals surface area contributed by atoms with E-state index in [2.05, 4.69) is 25.6 Å². The second-order valence-electron chi connectivity index (χ2n) is 9.42. The van der Waals surface area contributed by atoms with Crippen LogP contribution in [-0.2, 0) is 10.9 Å². The molecule has 0 aliphatic carbocycles. The van der Waals surface area contributed by atoms with Crippen LogP contribution >= 0.6 is 11.6 Å². The van der Waals surface area contributed by atoms with Crippen LogP contribution in [0.5, 0.6) is 0 Å². The summed E-state index contributed by atoms with van der Waals surface area (Å²) in [4.78, 5) is 17.3. The molecule has 1 saturated heterocycles. The van der Waals surface area contributed by atoms with Gasteiger partial charge in [0.2, 0.25) is 5.69 Å². The number of amides is 1. The van der Waals surface area contributed by atoms with Crippen LogP contribution in [0.2, 0.25) is 5.02 Å². The highest BCUT2D eigenvalue weighted by Gasteiger charge is 2.33. The van der Waals surface area contributed by atoms with Crippen molar-refractivity contribution in [3.05, 3.63) is 94.9 Å². The summed E-state index contributed by atoms with van der Waals surface area (Å²) in [5, 5.41) is 28.6. The second kappa shape index (κ2) is 10.9. The molecule has 0 N–H and O–H groups in total. The van der Waals surface area contributed by atoms with Crippen molar-refractivity contribution in [2.24, 2.45) is 0 Å². The Morgan fingerprint density at radius 3 is 2.65 bits per heavy atom. The lowest BCUT2D eigenvalue weighted by molar-refractivity contribution is -0.615. The van der Waals surface area contributed by atoms with E-state index in [0.29, 0.717) is 16.5 Å². The van der Waals surface area contributed by atoms with Crippen LogP contribution in [-0.4, -0.2) is 65.7 Å². The van der Waals surface area contributed by atoms with Gasteiger partial charge in [0.15, 0.2) is 18.1 Å². The third-order valence-corrected chi connectivity index (χ3v) is 7.09. The molecule has 5 aromatic rings. The predicted molar refractivity (Wildman–Crippen MR) is 140 cm³/mol. The van der Waals surface area contributed by atoms with Crippen molar-refractivity contribution in [1.29, 1.82) is 0 Å². The molecule has 4 aromatic heterocycles. The Morgan fingerprint density at radius 1 is 1.12 bits per heavy atom. The first kappa shape index (κ1) is 28.0. The highest BCUT2D eigenvalue weighted by molar-refractivity contribution is 6.31. The summed E-state index contributed by atoms with van der Waals surface area (Å²) < 4.78 is 63.2. The maximum atomic E-state index is 15.3. The van der Waals surface area contributed by atoms with E-state index in [1.807, 2.05) is 0 Å². The number of aromatic nitrogens is 8. The number of cyclic esters (lactones) is 1. The maximum absolute atomic E-state index is 15.3. The number of halogens is 5. The lowest BCUT2D eigenvalue weighted by Gasteiger charge is -2.22. The molecule has 0 bridgehead atoms. The Kier molecular flexibility index (Phi) is 7.13. The predicted octanol–water partition coefficient (Wildman–Crippen LogP) is 4.07. The number of alkyl halides is 3. The Morgan fingerprint density at radius 2 is 1.95 bits per heavy atom. The topological polar surface area (TPSA) is 131 Å². The minimum absolute atomic E-state index is 0.0333. The van der Waals surface area contributed by atoms with Gasteiger partial charge in [-0.25, -0.2) is 9.18 Å². The number of nitrogens with zero attached hydrogens (tertiary/aromatic N) is 9. The Labute approximate surface area is 244 Å². The van der Waals surface area contributed by atoms with Gasteiger partial charge in [-0.3, -0.25) is 9.67 Å². The molecule has 220 valence electrons. The van der Waals surface area contributed by atoms with Gasteiger partial charge in [-0.1, -0.05) is 11.6 Å². The lowest BCUT2D eigenvalue weighted by atomic mass is 10.0. The SMILES string of the molecule is O=C1OCCN1C[C@@H](c1ccc(-c2c(-n3cnnn3)ccc(Cl)c2F)c[n+]1[O-])n1cc(-c2cncc(C(F)(F)F)c2)cn1. The van der Waals surface area contributed by atoms with Gasteiger partial charge < -0.3 is 14.8 Å². The lowest BCUT2D eigenvalue weighted by Crippen LogP contribution is -2.40. The van der Waals surface area contributed by atoms with Crippen LogP contribution in [0.3, 0.4) is 0 Å². The number of carbonyl (C=O) groups is 1. The molecule has 17 heteroatoms. The Hall–Kier alpha value is -5.12. The monoisotopic (exact) mass is 615 g/mol. The molecule has 1 aliphatic heterocycles. The van der Waals surface area contributed by atoms with Crippen LogP contribution in [0, 0.1) is 11.0 Å². The smallest absolute Gasteiger partial charge is 0.417 e. The second-order valence-corrected chi connectivity index (χ2v) is 9.83. The number of carbonyl (C=O) groups excluding carboxylic acids is 1. The molecule has 12 nitrogen and oxygen atoms in total. The van der Waals surface area contributed by atoms with Crippen LogP contribution < -0.4 is 4.73 Å². The molecule has 0 radical (unpaired) electrons. The highest BCUT2D eigenvalue weighted by atomic mass is 35.5. The normalized spacial score (nSPS) is 14.3. The third-order valence-electron chi connectivity index (χ3n) is 6.80. The molecule has 1 fully saturated rings. The minimum Gasteiger partial charge on any atom is -0.618 e. The van der Waals surface area contributed by atoms with E-state index in [-0.39, 0.29) is 52.8 Å². The Balaban J connectivity index is 1.41. The molecule has 1 aliphatic rings. The van der Waals surface area contributed by atoms with Crippen molar-refractivity contribution in [1.82, 2.24) is 39.9 Å². The fraction of sp³-hybridized carbons (Fsp3) is 0.192. The molecule has 5 heterocycles. The summed E-state index contributed by atoms with van der Waals surface area (Å²) in [5.74, 6) is -0.801. The van der Waals surface area contributed by atoms with E-state index in [9.17, 15) is 23.2 Å². The first-order chi connectivity index (χ1) is 20.6. The summed E-state index contributed by atoms with van der Waals surface area (Å²) in [6, 6.07) is 5.78. The van der Waals surface area contributed by atoms with E-state index < -0.39 is 29.7 Å². The number of ether oxygens (including phenoxy) is 1. The van der Waals surface area contributed by atoms with Crippen molar-refractivity contribution < 1.29 is 31.8 Å². The number of rotatable bonds is 7. The standard InChI is InChI=1S/C26H18ClF4N9O3/c27-19-2-4-21(39-14-33-35-36-39)23(24(19)28)15-1-3-20(40(42)12-15)22(13-37-5-6-43-25(37)41)38-11-17(9-34-38)16-7-18(10-32-8-16)26(29,30)31/h1-4,7-12,14,22H,5-6,13H2/t22-/m0/s1. The van der Waals surface area contributed by atoms with Crippen molar-refractivity contribution in [2.75, 3.05) is 19.7 Å². The van der Waals surface area contributed by atoms with Gasteiger partial charge in [-0.15, -0.1) is 5.10 Å². The van der Waals surface area contributed by atoms with Crippen molar-refractivity contribution in [2.45, 2.75) is 12.2 Å². The van der Waals surface area contributed by atoms with Crippen LogP contribution in [0.4, 0.5) is 22.4 Å². The van der Waals surface area contributed by atoms with Gasteiger partial charge in [-0.2, -0.15) is 27.7 Å². The fourth-order valence-electron chi connectivity index (χ4n) is 4.70. The van der Waals surface area contributed by atoms with Crippen molar-refractivity contribution >= 4 is 17.7 Å². The van der Waals surface area contributed by atoms with E-state index in [1.165, 1.54) is 63.4 Å². The molecule has 0 spiro atoms. The van der Waals surface area contributed by atoms with Gasteiger partial charge in [-0.05, 0) is 34.7 Å². The van der Waals surface area contributed by atoms with E-state index in [4.69, 9.17) is 16.3 Å². The first-order valence-electron chi connectivity index (χ1n) is 12.5. The quantitative estimate of drug-likeness (QED) is 0.152. The van der Waals surface area contributed by atoms with Gasteiger partial charge in [0.1, 0.15) is 12.9 Å². The molecular weight excluding hydrogens is 598 g/mol. The minimum atomic E-state index is -4.60. The molecule has 0 saturated carbocycles. The average Bonchev–Trinajstić information content (AvgIpc) is 3.76. The van der Waals surface area contributed by atoms with E-state index >= 15 is 4.39 Å². The summed E-state index contributed by atoms with van der Waals surface area (Å²) in [5.41, 5.74) is -0.0367. The zero-order valence-corrected chi connectivity index (χ0v) is 22.4. The number of hydrogen-bond acceptors (Lipinski definition) is 8. The molecule has 1 amide bonds. The zero-order chi connectivity index (χ0) is 30.3. The van der Waals surface area contributed by atoms with Crippen molar-refractivity contribution in [3.63, 3.8) is 0 Å². The fourth-order valence-corrected chi connectivity index (χ4v) is 4.86. The van der Waals surface area contributed by atoms with Crippen molar-refractivity contribution in [3.8, 4) is 27.9 Å². The first-order valence-corrected chi connectivity index (χ1v) is 12.9. The number of tetrazole rings is 1. The van der Waals surface area contributed by atoms with Crippen LogP contribution in [0.15, 0.2) is 67.6 Å². The molecule has 1 aromatic carbocycles.